The number of benzene rings is 2. The van der Waals surface area contributed by atoms with E-state index in [1.165, 1.54) is 17.0 Å². The number of nitrogens with zero attached hydrogens (tertiary/aromatic N) is 2. The lowest BCUT2D eigenvalue weighted by atomic mass is 10.0. The minimum absolute atomic E-state index is 0.000848. The van der Waals surface area contributed by atoms with Gasteiger partial charge >= 0.3 is 0 Å². The van der Waals surface area contributed by atoms with Crippen molar-refractivity contribution in [1.29, 1.82) is 0 Å². The van der Waals surface area contributed by atoms with Gasteiger partial charge in [0.05, 0.1) is 6.04 Å². The smallest absolute Gasteiger partial charge is 0.254 e. The highest BCUT2D eigenvalue weighted by Crippen LogP contribution is 2.34. The number of rotatable bonds is 7. The predicted octanol–water partition coefficient (Wildman–Crippen LogP) is 4.86. The van der Waals surface area contributed by atoms with Crippen LogP contribution in [0.1, 0.15) is 39.3 Å². The van der Waals surface area contributed by atoms with Crippen LogP contribution in [0.2, 0.25) is 0 Å². The molecule has 2 aromatic carbocycles. The van der Waals surface area contributed by atoms with E-state index in [1.807, 2.05) is 37.4 Å². The Bertz CT molecular complexity index is 1130. The molecule has 1 aliphatic rings. The summed E-state index contributed by atoms with van der Waals surface area (Å²) >= 11 is 1.67. The standard InChI is InChI=1S/C26H27FN2O3S/c1-3-28(26(31)19-9-7-18(2)8-10-19)16-25(30)29-13-11-24-22(12-14-33-24)23(29)17-32-21-6-4-5-20(27)15-21/h4-10,12,14-15,23H,3,11,13,16-17H2,1-2H3. The van der Waals surface area contributed by atoms with E-state index in [-0.39, 0.29) is 36.8 Å². The lowest BCUT2D eigenvalue weighted by Gasteiger charge is -2.37. The third-order valence-electron chi connectivity index (χ3n) is 5.91. The molecule has 2 amide bonds. The topological polar surface area (TPSA) is 49.9 Å². The number of hydrogen-bond acceptors (Lipinski definition) is 4. The minimum atomic E-state index is -0.367. The molecule has 7 heteroatoms. The molecule has 2 heterocycles. The Kier molecular flexibility index (Phi) is 7.08. The van der Waals surface area contributed by atoms with Gasteiger partial charge in [0, 0.05) is 29.6 Å². The van der Waals surface area contributed by atoms with Crippen molar-refractivity contribution in [2.24, 2.45) is 0 Å². The molecule has 1 aliphatic heterocycles. The van der Waals surface area contributed by atoms with Crippen LogP contribution in [0.5, 0.6) is 5.75 Å². The number of ether oxygens (including phenoxy) is 1. The van der Waals surface area contributed by atoms with E-state index in [0.717, 1.165) is 17.5 Å². The van der Waals surface area contributed by atoms with Crippen molar-refractivity contribution in [2.75, 3.05) is 26.2 Å². The maximum atomic E-state index is 13.6. The van der Waals surface area contributed by atoms with Crippen LogP contribution in [0, 0.1) is 12.7 Å². The van der Waals surface area contributed by atoms with E-state index in [1.54, 1.807) is 45.4 Å². The minimum Gasteiger partial charge on any atom is -0.491 e. The van der Waals surface area contributed by atoms with Gasteiger partial charge in [-0.1, -0.05) is 23.8 Å². The molecule has 0 radical (unpaired) electrons. The van der Waals surface area contributed by atoms with Crippen molar-refractivity contribution >= 4 is 23.2 Å². The molecule has 0 bridgehead atoms. The van der Waals surface area contributed by atoms with Crippen LogP contribution >= 0.6 is 11.3 Å². The number of carbonyl (C=O) groups excluding carboxylic acids is 2. The maximum absolute atomic E-state index is 13.6. The normalized spacial score (nSPS) is 15.1. The maximum Gasteiger partial charge on any atom is 0.254 e. The van der Waals surface area contributed by atoms with E-state index in [4.69, 9.17) is 4.74 Å². The molecule has 1 aromatic heterocycles. The first-order valence-electron chi connectivity index (χ1n) is 11.1. The number of hydrogen-bond donors (Lipinski definition) is 0. The lowest BCUT2D eigenvalue weighted by molar-refractivity contribution is -0.135. The van der Waals surface area contributed by atoms with Crippen LogP contribution in [0.15, 0.2) is 60.0 Å². The van der Waals surface area contributed by atoms with Crippen molar-refractivity contribution in [2.45, 2.75) is 26.3 Å². The van der Waals surface area contributed by atoms with Gasteiger partial charge in [0.15, 0.2) is 0 Å². The third kappa shape index (κ3) is 5.25. The molecule has 5 nitrogen and oxygen atoms in total. The van der Waals surface area contributed by atoms with Crippen LogP contribution < -0.4 is 4.74 Å². The Morgan fingerprint density at radius 3 is 2.70 bits per heavy atom. The summed E-state index contributed by atoms with van der Waals surface area (Å²) in [5.41, 5.74) is 2.70. The van der Waals surface area contributed by atoms with Gasteiger partial charge in [0.25, 0.3) is 5.91 Å². The van der Waals surface area contributed by atoms with Gasteiger partial charge in [0.1, 0.15) is 24.7 Å². The quantitative estimate of drug-likeness (QED) is 0.500. The Morgan fingerprint density at radius 2 is 1.97 bits per heavy atom. The van der Waals surface area contributed by atoms with Crippen LogP contribution in [-0.2, 0) is 11.2 Å². The fraction of sp³-hybridized carbons (Fsp3) is 0.308. The molecule has 172 valence electrons. The van der Waals surface area contributed by atoms with Gasteiger partial charge in [-0.05, 0) is 61.5 Å². The van der Waals surface area contributed by atoms with Crippen molar-refractivity contribution in [3.63, 3.8) is 0 Å². The van der Waals surface area contributed by atoms with E-state index >= 15 is 0 Å². The van der Waals surface area contributed by atoms with Gasteiger partial charge < -0.3 is 14.5 Å². The molecular formula is C26H27FN2O3S. The highest BCUT2D eigenvalue weighted by molar-refractivity contribution is 7.10. The number of fused-ring (bicyclic) bond motifs is 1. The third-order valence-corrected chi connectivity index (χ3v) is 6.91. The van der Waals surface area contributed by atoms with Crippen LogP contribution in [0.4, 0.5) is 4.39 Å². The van der Waals surface area contributed by atoms with Crippen LogP contribution in [0.3, 0.4) is 0 Å². The van der Waals surface area contributed by atoms with Crippen LogP contribution in [0.25, 0.3) is 0 Å². The summed E-state index contributed by atoms with van der Waals surface area (Å²) in [6, 6.07) is 15.1. The Morgan fingerprint density at radius 1 is 1.18 bits per heavy atom. The zero-order chi connectivity index (χ0) is 23.4. The van der Waals surface area contributed by atoms with E-state index in [0.29, 0.717) is 24.4 Å². The van der Waals surface area contributed by atoms with E-state index in [9.17, 15) is 14.0 Å². The molecule has 0 spiro atoms. The first kappa shape index (κ1) is 23.0. The number of aryl methyl sites for hydroxylation is 1. The van der Waals surface area contributed by atoms with Gasteiger partial charge in [0.2, 0.25) is 5.91 Å². The number of thiophene rings is 1. The molecule has 33 heavy (non-hydrogen) atoms. The fourth-order valence-electron chi connectivity index (χ4n) is 4.07. The Labute approximate surface area is 197 Å². The molecule has 1 atom stereocenters. The molecule has 0 N–H and O–H groups in total. The second kappa shape index (κ2) is 10.2. The van der Waals surface area contributed by atoms with Crippen molar-refractivity contribution in [3.05, 3.63) is 87.4 Å². The van der Waals surface area contributed by atoms with Crippen molar-refractivity contribution < 1.29 is 18.7 Å². The van der Waals surface area contributed by atoms with Gasteiger partial charge in [-0.25, -0.2) is 4.39 Å². The molecular weight excluding hydrogens is 439 g/mol. The molecule has 0 saturated heterocycles. The molecule has 0 fully saturated rings. The SMILES string of the molecule is CCN(CC(=O)N1CCc2sccc2C1COc1cccc(F)c1)C(=O)c1ccc(C)cc1. The van der Waals surface area contributed by atoms with Gasteiger partial charge in [-0.3, -0.25) is 9.59 Å². The average molecular weight is 467 g/mol. The summed E-state index contributed by atoms with van der Waals surface area (Å²) in [5, 5.41) is 2.02. The van der Waals surface area contributed by atoms with Crippen molar-refractivity contribution in [3.8, 4) is 5.75 Å². The van der Waals surface area contributed by atoms with Crippen molar-refractivity contribution in [1.82, 2.24) is 9.80 Å². The number of likely N-dealkylation sites (N-methyl/N-ethyl adjacent to an activating group) is 1. The van der Waals surface area contributed by atoms with Crippen LogP contribution in [-0.4, -0.2) is 47.9 Å². The number of halogens is 1. The summed E-state index contributed by atoms with van der Waals surface area (Å²) in [6.45, 7) is 5.05. The molecule has 0 saturated carbocycles. The first-order chi connectivity index (χ1) is 16.0. The monoisotopic (exact) mass is 466 g/mol. The Balaban J connectivity index is 1.50. The van der Waals surface area contributed by atoms with E-state index < -0.39 is 0 Å². The predicted molar refractivity (Wildman–Crippen MR) is 127 cm³/mol. The second-order valence-electron chi connectivity index (χ2n) is 8.11. The second-order valence-corrected chi connectivity index (χ2v) is 9.11. The summed E-state index contributed by atoms with van der Waals surface area (Å²) < 4.78 is 19.4. The number of amides is 2. The highest BCUT2D eigenvalue weighted by Gasteiger charge is 2.33. The largest absolute Gasteiger partial charge is 0.491 e. The zero-order valence-electron chi connectivity index (χ0n) is 18.8. The zero-order valence-corrected chi connectivity index (χ0v) is 19.6. The molecule has 1 unspecified atom stereocenters. The average Bonchev–Trinajstić information content (AvgIpc) is 3.30. The Hall–Kier alpha value is -3.19. The summed E-state index contributed by atoms with van der Waals surface area (Å²) in [4.78, 5) is 31.0. The highest BCUT2D eigenvalue weighted by atomic mass is 32.1. The van der Waals surface area contributed by atoms with Gasteiger partial charge in [-0.15, -0.1) is 11.3 Å². The van der Waals surface area contributed by atoms with Gasteiger partial charge in [-0.2, -0.15) is 0 Å². The number of carbonyl (C=O) groups is 2. The fourth-order valence-corrected chi connectivity index (χ4v) is 4.99. The van der Waals surface area contributed by atoms with E-state index in [2.05, 4.69) is 0 Å². The molecule has 4 rings (SSSR count). The first-order valence-corrected chi connectivity index (χ1v) is 11.9. The summed E-state index contributed by atoms with van der Waals surface area (Å²) in [5.74, 6) is -0.225. The molecule has 3 aromatic rings. The molecule has 0 aliphatic carbocycles. The summed E-state index contributed by atoms with van der Waals surface area (Å²) in [6.07, 6.45) is 0.771. The lowest BCUT2D eigenvalue weighted by Crippen LogP contribution is -2.47. The summed E-state index contributed by atoms with van der Waals surface area (Å²) in [7, 11) is 0.